The smallest absolute Gasteiger partial charge is 0.316 e. The van der Waals surface area contributed by atoms with E-state index in [0.29, 0.717) is 5.82 Å². The van der Waals surface area contributed by atoms with Gasteiger partial charge in [-0.1, -0.05) is 18.7 Å². The number of thiophene rings is 1. The van der Waals surface area contributed by atoms with E-state index in [1.807, 2.05) is 11.8 Å². The van der Waals surface area contributed by atoms with Gasteiger partial charge >= 0.3 is 5.97 Å². The summed E-state index contributed by atoms with van der Waals surface area (Å²) in [5, 5.41) is 1.82. The van der Waals surface area contributed by atoms with Crippen molar-refractivity contribution in [1.82, 2.24) is 14.9 Å². The minimum absolute atomic E-state index is 0.0884. The van der Waals surface area contributed by atoms with Crippen LogP contribution in [0, 0.1) is 20.8 Å². The molecule has 152 valence electrons. The highest BCUT2D eigenvalue weighted by Crippen LogP contribution is 2.35. The fourth-order valence-corrected chi connectivity index (χ4v) is 5.63. The van der Waals surface area contributed by atoms with Crippen molar-refractivity contribution < 1.29 is 14.3 Å². The number of aryl methyl sites for hydroxylation is 3. The molecule has 0 saturated carbocycles. The Morgan fingerprint density at radius 2 is 2.04 bits per heavy atom. The number of esters is 1. The van der Waals surface area contributed by atoms with Crippen molar-refractivity contribution >= 4 is 45.2 Å². The molecule has 0 aromatic carbocycles. The minimum Gasteiger partial charge on any atom is -0.455 e. The van der Waals surface area contributed by atoms with Crippen molar-refractivity contribution in [1.29, 1.82) is 0 Å². The normalized spacial score (nSPS) is 17.1. The number of hydrogen-bond acceptors (Lipinski definition) is 7. The lowest BCUT2D eigenvalue weighted by atomic mass is 10.00. The van der Waals surface area contributed by atoms with Gasteiger partial charge in [0, 0.05) is 22.8 Å². The van der Waals surface area contributed by atoms with Gasteiger partial charge in [-0.3, -0.25) is 9.59 Å². The van der Waals surface area contributed by atoms with Crippen LogP contribution in [0.2, 0.25) is 0 Å². The van der Waals surface area contributed by atoms with E-state index in [0.717, 1.165) is 53.0 Å². The maximum Gasteiger partial charge on any atom is 0.316 e. The predicted molar refractivity (Wildman–Crippen MR) is 113 cm³/mol. The Bertz CT molecular complexity index is 881. The lowest BCUT2D eigenvalue weighted by Gasteiger charge is -2.35. The van der Waals surface area contributed by atoms with Gasteiger partial charge < -0.3 is 9.64 Å². The maximum absolute atomic E-state index is 12.4. The van der Waals surface area contributed by atoms with Gasteiger partial charge in [-0.05, 0) is 52.0 Å². The average molecular weight is 422 g/mol. The van der Waals surface area contributed by atoms with Crippen molar-refractivity contribution in [2.24, 2.45) is 0 Å². The number of likely N-dealkylation sites (tertiary alicyclic amines) is 1. The average Bonchev–Trinajstić information content (AvgIpc) is 2.97. The summed E-state index contributed by atoms with van der Waals surface area (Å²) in [6.07, 6.45) is 4.16. The number of carbonyl (C=O) groups is 2. The summed E-state index contributed by atoms with van der Waals surface area (Å²) in [5.74, 6) is 0.340. The van der Waals surface area contributed by atoms with Gasteiger partial charge in [0.25, 0.3) is 5.91 Å². The maximum atomic E-state index is 12.4. The first-order valence-corrected chi connectivity index (χ1v) is 11.5. The Morgan fingerprint density at radius 1 is 1.25 bits per heavy atom. The van der Waals surface area contributed by atoms with Crippen molar-refractivity contribution in [2.45, 2.75) is 64.4 Å². The second kappa shape index (κ2) is 9.22. The summed E-state index contributed by atoms with van der Waals surface area (Å²) in [6, 6.07) is 0.274. The second-order valence-electron chi connectivity index (χ2n) is 7.13. The predicted octanol–water partition coefficient (Wildman–Crippen LogP) is 4.04. The van der Waals surface area contributed by atoms with E-state index in [4.69, 9.17) is 4.74 Å². The second-order valence-corrected chi connectivity index (χ2v) is 9.30. The van der Waals surface area contributed by atoms with Crippen LogP contribution >= 0.6 is 23.1 Å². The number of hydrogen-bond donors (Lipinski definition) is 0. The van der Waals surface area contributed by atoms with Crippen LogP contribution in [0.15, 0.2) is 5.03 Å². The van der Waals surface area contributed by atoms with Gasteiger partial charge in [0.05, 0.1) is 5.75 Å². The van der Waals surface area contributed by atoms with E-state index in [9.17, 15) is 9.59 Å². The number of nitrogens with zero attached hydrogens (tertiary/aromatic N) is 3. The highest BCUT2D eigenvalue weighted by molar-refractivity contribution is 8.00. The number of carbonyl (C=O) groups excluding carboxylic acids is 2. The van der Waals surface area contributed by atoms with Gasteiger partial charge in [0.1, 0.15) is 15.7 Å². The number of thioether (sulfide) groups is 1. The van der Waals surface area contributed by atoms with E-state index in [2.05, 4.69) is 30.7 Å². The third-order valence-electron chi connectivity index (χ3n) is 5.21. The summed E-state index contributed by atoms with van der Waals surface area (Å²) in [7, 11) is 0. The highest BCUT2D eigenvalue weighted by atomic mass is 32.2. The zero-order chi connectivity index (χ0) is 20.3. The van der Waals surface area contributed by atoms with Crippen LogP contribution in [0.3, 0.4) is 0 Å². The molecule has 2 aromatic heterocycles. The third-order valence-corrected chi connectivity index (χ3v) is 7.26. The molecule has 3 rings (SSSR count). The molecule has 1 atom stereocenters. The standard InChI is InChI=1S/C20H27N3O3S2/c1-5-15-8-6-7-9-23(15)16(24)10-26-17(25)11-27-19-18-12(2)13(3)28-20(18)22-14(4)21-19/h15H,5-11H2,1-4H3/t15-/m0/s1. The van der Waals surface area contributed by atoms with E-state index >= 15 is 0 Å². The van der Waals surface area contributed by atoms with Crippen LogP contribution in [0.1, 0.15) is 48.9 Å². The number of ether oxygens (including phenoxy) is 1. The quantitative estimate of drug-likeness (QED) is 0.398. The number of rotatable bonds is 6. The first-order valence-electron chi connectivity index (χ1n) is 9.73. The third kappa shape index (κ3) is 4.66. The summed E-state index contributed by atoms with van der Waals surface area (Å²) in [6.45, 7) is 8.65. The van der Waals surface area contributed by atoms with Crippen LogP contribution in [-0.4, -0.2) is 51.7 Å². The summed E-state index contributed by atoms with van der Waals surface area (Å²) < 4.78 is 5.26. The Labute approximate surface area is 174 Å². The van der Waals surface area contributed by atoms with Crippen LogP contribution in [-0.2, 0) is 14.3 Å². The molecule has 8 heteroatoms. The molecule has 0 unspecified atom stereocenters. The summed E-state index contributed by atoms with van der Waals surface area (Å²) in [4.78, 5) is 37.7. The molecule has 1 aliphatic heterocycles. The molecule has 0 radical (unpaired) electrons. The Balaban J connectivity index is 1.57. The van der Waals surface area contributed by atoms with Gasteiger partial charge in [0.15, 0.2) is 6.61 Å². The van der Waals surface area contributed by atoms with Gasteiger partial charge in [0.2, 0.25) is 0 Å². The first-order chi connectivity index (χ1) is 13.4. The van der Waals surface area contributed by atoms with E-state index in [-0.39, 0.29) is 24.3 Å². The zero-order valence-electron chi connectivity index (χ0n) is 16.9. The molecule has 2 aromatic rings. The minimum atomic E-state index is -0.391. The Hall–Kier alpha value is -1.67. The molecule has 0 bridgehead atoms. The molecule has 6 nitrogen and oxygen atoms in total. The molecular weight excluding hydrogens is 394 g/mol. The van der Waals surface area contributed by atoms with Crippen molar-refractivity contribution in [2.75, 3.05) is 18.9 Å². The largest absolute Gasteiger partial charge is 0.455 e. The zero-order valence-corrected chi connectivity index (χ0v) is 18.5. The van der Waals surface area contributed by atoms with Gasteiger partial charge in [-0.15, -0.1) is 11.3 Å². The monoisotopic (exact) mass is 421 g/mol. The van der Waals surface area contributed by atoms with E-state index < -0.39 is 5.97 Å². The molecule has 28 heavy (non-hydrogen) atoms. The molecule has 1 amide bonds. The number of amides is 1. The lowest BCUT2D eigenvalue weighted by Crippen LogP contribution is -2.45. The number of aromatic nitrogens is 2. The van der Waals surface area contributed by atoms with Gasteiger partial charge in [-0.2, -0.15) is 0 Å². The number of fused-ring (bicyclic) bond motifs is 1. The summed E-state index contributed by atoms with van der Waals surface area (Å²) in [5.41, 5.74) is 1.15. The molecule has 0 aliphatic carbocycles. The molecule has 1 saturated heterocycles. The van der Waals surface area contributed by atoms with Crippen molar-refractivity contribution in [3.05, 3.63) is 16.3 Å². The van der Waals surface area contributed by atoms with Crippen LogP contribution < -0.4 is 0 Å². The Morgan fingerprint density at radius 3 is 2.79 bits per heavy atom. The SMILES string of the molecule is CC[C@H]1CCCCN1C(=O)COC(=O)CSc1nc(C)nc2sc(C)c(C)c12. The van der Waals surface area contributed by atoms with Crippen molar-refractivity contribution in [3.63, 3.8) is 0 Å². The summed E-state index contributed by atoms with van der Waals surface area (Å²) >= 11 is 2.99. The van der Waals surface area contributed by atoms with E-state index in [1.165, 1.54) is 16.6 Å². The first kappa shape index (κ1) is 21.0. The molecule has 1 fully saturated rings. The highest BCUT2D eigenvalue weighted by Gasteiger charge is 2.26. The van der Waals surface area contributed by atoms with Gasteiger partial charge in [-0.25, -0.2) is 9.97 Å². The topological polar surface area (TPSA) is 72.4 Å². The lowest BCUT2D eigenvalue weighted by molar-refractivity contribution is -0.151. The fraction of sp³-hybridized carbons (Fsp3) is 0.600. The van der Waals surface area contributed by atoms with Crippen LogP contribution in [0.25, 0.3) is 10.2 Å². The van der Waals surface area contributed by atoms with Crippen LogP contribution in [0.5, 0.6) is 0 Å². The molecule has 0 N–H and O–H groups in total. The fourth-order valence-electron chi connectivity index (χ4n) is 3.57. The molecular formula is C20H27N3O3S2. The molecule has 0 spiro atoms. The van der Waals surface area contributed by atoms with Crippen LogP contribution in [0.4, 0.5) is 0 Å². The van der Waals surface area contributed by atoms with E-state index in [1.54, 1.807) is 11.3 Å². The van der Waals surface area contributed by atoms with Crippen molar-refractivity contribution in [3.8, 4) is 0 Å². The molecule has 1 aliphatic rings. The number of piperidine rings is 1. The Kier molecular flexibility index (Phi) is 6.93. The molecule has 3 heterocycles.